The maximum atomic E-state index is 11.5. The summed E-state index contributed by atoms with van der Waals surface area (Å²) in [6, 6.07) is 1.46. The summed E-state index contributed by atoms with van der Waals surface area (Å²) in [5, 5.41) is 10.0. The number of nitrogens with two attached hydrogens (primary N) is 1. The Labute approximate surface area is 141 Å². The average Bonchev–Trinajstić information content (AvgIpc) is 2.38. The molecule has 8 heteroatoms. The van der Waals surface area contributed by atoms with E-state index in [4.69, 9.17) is 15.2 Å². The molecule has 3 unspecified atom stereocenters. The van der Waals surface area contributed by atoms with Gasteiger partial charge < -0.3 is 36.6 Å². The molecule has 7 nitrogen and oxygen atoms in total. The molecular formula is C12H19N3O4U. The zero-order chi connectivity index (χ0) is 14.4. The molecule has 0 aliphatic rings. The number of aromatic nitrogens is 2. The third kappa shape index (κ3) is 5.46. The van der Waals surface area contributed by atoms with Crippen molar-refractivity contribution < 1.29 is 45.7 Å². The van der Waals surface area contributed by atoms with Crippen LogP contribution in [-0.2, 0) is 9.47 Å². The van der Waals surface area contributed by atoms with Crippen LogP contribution >= 0.6 is 0 Å². The van der Waals surface area contributed by atoms with E-state index in [0.717, 1.165) is 4.57 Å². The van der Waals surface area contributed by atoms with Crippen LogP contribution in [0, 0.1) is 50.5 Å². The third-order valence-corrected chi connectivity index (χ3v) is 2.71. The van der Waals surface area contributed by atoms with Crippen molar-refractivity contribution in [1.29, 1.82) is 0 Å². The summed E-state index contributed by atoms with van der Waals surface area (Å²) in [5.41, 5.74) is 4.81. The van der Waals surface area contributed by atoms with Crippen molar-refractivity contribution in [2.75, 3.05) is 26.6 Å². The van der Waals surface area contributed by atoms with Crippen LogP contribution < -0.4 is 11.4 Å². The monoisotopic (exact) mass is 507 g/mol. The molecule has 0 saturated heterocycles. The molecule has 1 aromatic rings. The average molecular weight is 507 g/mol. The van der Waals surface area contributed by atoms with E-state index in [9.17, 15) is 9.90 Å². The van der Waals surface area contributed by atoms with Crippen LogP contribution in [-0.4, -0.2) is 47.7 Å². The number of ether oxygens (including phenoxy) is 2. The second-order valence-electron chi connectivity index (χ2n) is 4.08. The SMILES string of the molecule is [CH2-]C(C(O)[CH-]n1ccc(N)nc1=O)C(COC)OC.[U+2]. The number of rotatable bonds is 7. The number of hydrogen-bond acceptors (Lipinski definition) is 6. The molecule has 1 heterocycles. The van der Waals surface area contributed by atoms with Gasteiger partial charge in [0.25, 0.3) is 0 Å². The summed E-state index contributed by atoms with van der Waals surface area (Å²) in [7, 11) is 3.04. The number of hydrogen-bond donors (Lipinski definition) is 2. The number of methoxy groups -OCH3 is 2. The van der Waals surface area contributed by atoms with Crippen molar-refractivity contribution >= 4 is 5.82 Å². The van der Waals surface area contributed by atoms with Gasteiger partial charge in [0.05, 0.1) is 12.7 Å². The van der Waals surface area contributed by atoms with E-state index in [1.807, 2.05) is 0 Å². The van der Waals surface area contributed by atoms with Gasteiger partial charge >= 0.3 is 31.1 Å². The summed E-state index contributed by atoms with van der Waals surface area (Å²) in [6.07, 6.45) is 0.0653. The van der Waals surface area contributed by atoms with Crippen LogP contribution in [0.2, 0.25) is 0 Å². The smallest absolute Gasteiger partial charge is 0.434 e. The number of nitrogens with zero attached hydrogens (tertiary/aromatic N) is 2. The molecule has 20 heavy (non-hydrogen) atoms. The van der Waals surface area contributed by atoms with Crippen LogP contribution in [0.25, 0.3) is 0 Å². The second kappa shape index (κ2) is 9.42. The molecule has 0 radical (unpaired) electrons. The van der Waals surface area contributed by atoms with E-state index < -0.39 is 17.7 Å². The predicted octanol–water partition coefficient (Wildman–Crippen LogP) is -0.692. The summed E-state index contributed by atoms with van der Waals surface area (Å²) in [5.74, 6) is -0.362. The van der Waals surface area contributed by atoms with E-state index >= 15 is 0 Å². The van der Waals surface area contributed by atoms with E-state index in [1.165, 1.54) is 33.0 Å². The number of nitrogen functional groups attached to an aromatic ring is 1. The Morgan fingerprint density at radius 1 is 1.60 bits per heavy atom. The molecule has 0 fully saturated rings. The van der Waals surface area contributed by atoms with E-state index in [0.29, 0.717) is 6.61 Å². The number of aliphatic hydroxyl groups is 1. The summed E-state index contributed by atoms with van der Waals surface area (Å²) < 4.78 is 11.3. The summed E-state index contributed by atoms with van der Waals surface area (Å²) >= 11 is 0. The Morgan fingerprint density at radius 2 is 2.25 bits per heavy atom. The third-order valence-electron chi connectivity index (χ3n) is 2.71. The minimum Gasteiger partial charge on any atom is -0.434 e. The minimum atomic E-state index is -0.983. The summed E-state index contributed by atoms with van der Waals surface area (Å²) in [4.78, 5) is 15.1. The molecule has 1 rings (SSSR count). The van der Waals surface area contributed by atoms with E-state index in [-0.39, 0.29) is 43.0 Å². The molecule has 1 aromatic heterocycles. The Hall–Kier alpha value is -0.518. The molecule has 110 valence electrons. The zero-order valence-corrected chi connectivity index (χ0v) is 15.7. The Kier molecular flexibility index (Phi) is 9.18. The molecule has 0 aliphatic heterocycles. The molecule has 0 amide bonds. The molecule has 0 saturated carbocycles. The first-order valence-electron chi connectivity index (χ1n) is 5.72. The van der Waals surface area contributed by atoms with Crippen molar-refractivity contribution in [3.8, 4) is 0 Å². The Balaban J connectivity index is 0.00000361. The first-order chi connectivity index (χ1) is 8.99. The molecule has 0 spiro atoms. The number of anilines is 1. The molecule has 3 N–H and O–H groups in total. The normalized spacial score (nSPS) is 15.0. The van der Waals surface area contributed by atoms with Crippen molar-refractivity contribution in [2.24, 2.45) is 5.92 Å². The van der Waals surface area contributed by atoms with Gasteiger partial charge in [-0.2, -0.15) is 0 Å². The Morgan fingerprint density at radius 3 is 2.75 bits per heavy atom. The van der Waals surface area contributed by atoms with Crippen LogP contribution in [0.15, 0.2) is 17.1 Å². The zero-order valence-electron chi connectivity index (χ0n) is 11.5. The predicted molar refractivity (Wildman–Crippen MR) is 70.1 cm³/mol. The topological polar surface area (TPSA) is 99.6 Å². The maximum Gasteiger partial charge on any atom is 2.00 e. The van der Waals surface area contributed by atoms with Gasteiger partial charge in [0, 0.05) is 20.3 Å². The quantitative estimate of drug-likeness (QED) is 0.475. The van der Waals surface area contributed by atoms with Gasteiger partial charge in [-0.3, -0.25) is 0 Å². The maximum absolute atomic E-state index is 11.5. The van der Waals surface area contributed by atoms with Gasteiger partial charge in [-0.25, -0.2) is 4.98 Å². The van der Waals surface area contributed by atoms with Crippen LogP contribution in [0.5, 0.6) is 0 Å². The van der Waals surface area contributed by atoms with Gasteiger partial charge in [-0.05, 0) is 0 Å². The van der Waals surface area contributed by atoms with E-state index in [2.05, 4.69) is 11.9 Å². The van der Waals surface area contributed by atoms with Crippen molar-refractivity contribution in [3.63, 3.8) is 0 Å². The first kappa shape index (κ1) is 19.5. The van der Waals surface area contributed by atoms with Gasteiger partial charge in [0.1, 0.15) is 5.82 Å². The van der Waals surface area contributed by atoms with Gasteiger partial charge in [-0.1, -0.05) is 18.8 Å². The van der Waals surface area contributed by atoms with Gasteiger partial charge in [-0.15, -0.1) is 5.92 Å². The fourth-order valence-corrected chi connectivity index (χ4v) is 1.57. The van der Waals surface area contributed by atoms with E-state index in [1.54, 1.807) is 0 Å². The molecular weight excluding hydrogens is 488 g/mol. The standard InChI is InChI=1S/C12H19N3O4.U/c1-8(10(19-3)7-18-2)9(16)6-15-5-4-11(13)14-12(15)17;/h4-6,8-10,16H,1,7H2,2-3H3,(H2,13,14,17);/q-2;+2. The van der Waals surface area contributed by atoms with Crippen LogP contribution in [0.4, 0.5) is 5.82 Å². The second-order valence-corrected chi connectivity index (χ2v) is 4.08. The van der Waals surface area contributed by atoms with Crippen molar-refractivity contribution in [2.45, 2.75) is 12.2 Å². The molecule has 0 aliphatic carbocycles. The molecule has 0 bridgehead atoms. The molecule has 0 aromatic carbocycles. The van der Waals surface area contributed by atoms with Crippen molar-refractivity contribution in [1.82, 2.24) is 9.55 Å². The van der Waals surface area contributed by atoms with Crippen molar-refractivity contribution in [3.05, 3.63) is 36.2 Å². The minimum absolute atomic E-state index is 0. The fraction of sp³-hybridized carbons (Fsp3) is 0.500. The van der Waals surface area contributed by atoms with Crippen LogP contribution in [0.1, 0.15) is 0 Å². The number of aliphatic hydroxyl groups excluding tert-OH is 1. The summed E-state index contributed by atoms with van der Waals surface area (Å²) in [6.45, 7) is 5.43. The largest absolute Gasteiger partial charge is 2.00 e. The van der Waals surface area contributed by atoms with Gasteiger partial charge in [0.2, 0.25) is 5.69 Å². The van der Waals surface area contributed by atoms with Gasteiger partial charge in [0.15, 0.2) is 0 Å². The first-order valence-corrected chi connectivity index (χ1v) is 5.72. The Bertz CT molecular complexity index is 455. The van der Waals surface area contributed by atoms with Crippen LogP contribution in [0.3, 0.4) is 0 Å². The fourth-order valence-electron chi connectivity index (χ4n) is 1.57. The molecule has 3 atom stereocenters.